The van der Waals surface area contributed by atoms with Crippen LogP contribution < -0.4 is 0 Å². The van der Waals surface area contributed by atoms with Crippen LogP contribution in [0.15, 0.2) is 29.2 Å². The van der Waals surface area contributed by atoms with Crippen LogP contribution in [0.3, 0.4) is 0 Å². The fourth-order valence-corrected chi connectivity index (χ4v) is 1.96. The maximum absolute atomic E-state index is 11.5. The maximum atomic E-state index is 11.5. The van der Waals surface area contributed by atoms with Gasteiger partial charge < -0.3 is 10.2 Å². The monoisotopic (exact) mass is 246 g/mol. The molecule has 90 valence electrons. The van der Waals surface area contributed by atoms with Gasteiger partial charge in [0.15, 0.2) is 6.29 Å². The van der Waals surface area contributed by atoms with Gasteiger partial charge >= 0.3 is 0 Å². The summed E-state index contributed by atoms with van der Waals surface area (Å²) in [6.07, 6.45) is -1.71. The van der Waals surface area contributed by atoms with Crippen molar-refractivity contribution in [2.45, 2.75) is 24.5 Å². The summed E-state index contributed by atoms with van der Waals surface area (Å²) < 4.78 is 27.7. The van der Waals surface area contributed by atoms with Gasteiger partial charge in [-0.15, -0.1) is 0 Å². The van der Waals surface area contributed by atoms with E-state index >= 15 is 0 Å². The van der Waals surface area contributed by atoms with Gasteiger partial charge in [0.1, 0.15) is 0 Å². The number of aryl methyl sites for hydroxylation is 1. The molecule has 0 fully saturated rings. The maximum Gasteiger partial charge on any atom is 0.296 e. The average molecular weight is 246 g/mol. The minimum absolute atomic E-state index is 0.0607. The Kier molecular flexibility index (Phi) is 4.43. The summed E-state index contributed by atoms with van der Waals surface area (Å²) in [7, 11) is -3.79. The van der Waals surface area contributed by atoms with Crippen LogP contribution in [0.2, 0.25) is 0 Å². The van der Waals surface area contributed by atoms with Gasteiger partial charge in [0.05, 0.1) is 11.5 Å². The van der Waals surface area contributed by atoms with Crippen molar-refractivity contribution in [2.75, 3.05) is 6.61 Å². The molecular formula is C10H14O5S. The van der Waals surface area contributed by atoms with Gasteiger partial charge in [-0.3, -0.25) is 4.18 Å². The van der Waals surface area contributed by atoms with Crippen LogP contribution in [0.4, 0.5) is 0 Å². The topological polar surface area (TPSA) is 83.8 Å². The molecule has 0 aliphatic carbocycles. The fourth-order valence-electron chi connectivity index (χ4n) is 1.04. The zero-order valence-corrected chi connectivity index (χ0v) is 9.64. The second-order valence-corrected chi connectivity index (χ2v) is 4.97. The minimum Gasteiger partial charge on any atom is -0.368 e. The van der Waals surface area contributed by atoms with Gasteiger partial charge in [-0.25, -0.2) is 0 Å². The summed E-state index contributed by atoms with van der Waals surface area (Å²) in [5.41, 5.74) is 0.949. The van der Waals surface area contributed by atoms with E-state index < -0.39 is 16.4 Å². The summed E-state index contributed by atoms with van der Waals surface area (Å²) in [4.78, 5) is 0.0607. The Morgan fingerprint density at radius 3 is 2.31 bits per heavy atom. The molecule has 0 bridgehead atoms. The largest absolute Gasteiger partial charge is 0.368 e. The molecule has 16 heavy (non-hydrogen) atoms. The number of hydrogen-bond donors (Lipinski definition) is 2. The van der Waals surface area contributed by atoms with Crippen LogP contribution in [0.5, 0.6) is 0 Å². The number of benzene rings is 1. The lowest BCUT2D eigenvalue weighted by molar-refractivity contribution is -0.0515. The second kappa shape index (κ2) is 5.40. The first-order chi connectivity index (χ1) is 7.42. The van der Waals surface area contributed by atoms with E-state index in [1.807, 2.05) is 6.92 Å². The zero-order valence-electron chi connectivity index (χ0n) is 8.83. The highest BCUT2D eigenvalue weighted by Gasteiger charge is 2.14. The number of rotatable bonds is 5. The van der Waals surface area contributed by atoms with Crippen molar-refractivity contribution < 1.29 is 22.8 Å². The van der Waals surface area contributed by atoms with Crippen molar-refractivity contribution in [3.63, 3.8) is 0 Å². The Bertz CT molecular complexity index is 421. The van der Waals surface area contributed by atoms with E-state index in [4.69, 9.17) is 10.2 Å². The summed E-state index contributed by atoms with van der Waals surface area (Å²) in [5, 5.41) is 17.1. The number of hydrogen-bond acceptors (Lipinski definition) is 5. The quantitative estimate of drug-likeness (QED) is 0.580. The second-order valence-electron chi connectivity index (χ2n) is 3.36. The molecule has 1 aromatic carbocycles. The molecular weight excluding hydrogens is 232 g/mol. The van der Waals surface area contributed by atoms with Crippen molar-refractivity contribution in [1.29, 1.82) is 0 Å². The van der Waals surface area contributed by atoms with E-state index in [0.717, 1.165) is 5.56 Å². The molecule has 6 heteroatoms. The normalized spacial score (nSPS) is 12.0. The molecule has 2 N–H and O–H groups in total. The first kappa shape index (κ1) is 13.1. The van der Waals surface area contributed by atoms with E-state index in [1.165, 1.54) is 12.1 Å². The minimum atomic E-state index is -3.79. The van der Waals surface area contributed by atoms with Gasteiger partial charge in [-0.05, 0) is 19.1 Å². The van der Waals surface area contributed by atoms with E-state index in [0.29, 0.717) is 0 Å². The molecule has 0 heterocycles. The average Bonchev–Trinajstić information content (AvgIpc) is 2.17. The van der Waals surface area contributed by atoms with E-state index in [-0.39, 0.29) is 17.9 Å². The molecule has 0 amide bonds. The smallest absolute Gasteiger partial charge is 0.296 e. The van der Waals surface area contributed by atoms with Gasteiger partial charge in [0.2, 0.25) is 0 Å². The third-order valence-electron chi connectivity index (χ3n) is 1.92. The van der Waals surface area contributed by atoms with Crippen molar-refractivity contribution in [3.8, 4) is 0 Å². The van der Waals surface area contributed by atoms with Crippen LogP contribution in [0, 0.1) is 6.92 Å². The van der Waals surface area contributed by atoms with Crippen LogP contribution >= 0.6 is 0 Å². The van der Waals surface area contributed by atoms with Gasteiger partial charge in [0, 0.05) is 6.42 Å². The molecule has 1 rings (SSSR count). The molecule has 0 spiro atoms. The Hall–Kier alpha value is -0.950. The Morgan fingerprint density at radius 2 is 1.81 bits per heavy atom. The zero-order chi connectivity index (χ0) is 12.2. The first-order valence-electron chi connectivity index (χ1n) is 4.74. The standard InChI is InChI=1S/C10H14O5S/c1-8-2-4-9(5-3-8)16(13,14)15-7-6-10(11)12/h2-5,10-12H,6-7H2,1H3. The third kappa shape index (κ3) is 3.90. The summed E-state index contributed by atoms with van der Waals surface area (Å²) in [5.74, 6) is 0. The Labute approximate surface area is 94.4 Å². The van der Waals surface area contributed by atoms with Crippen LogP contribution in [0.25, 0.3) is 0 Å². The lowest BCUT2D eigenvalue weighted by Gasteiger charge is -2.06. The first-order valence-corrected chi connectivity index (χ1v) is 6.15. The highest BCUT2D eigenvalue weighted by Crippen LogP contribution is 2.13. The van der Waals surface area contributed by atoms with Crippen LogP contribution in [0.1, 0.15) is 12.0 Å². The predicted octanol–water partition coefficient (Wildman–Crippen LogP) is 0.401. The molecule has 0 radical (unpaired) electrons. The number of aliphatic hydroxyl groups excluding tert-OH is 1. The van der Waals surface area contributed by atoms with Gasteiger partial charge in [0.25, 0.3) is 10.1 Å². The van der Waals surface area contributed by atoms with Gasteiger partial charge in [-0.2, -0.15) is 8.42 Å². The lowest BCUT2D eigenvalue weighted by Crippen LogP contribution is -2.13. The molecule has 0 aliphatic rings. The molecule has 0 aliphatic heterocycles. The molecule has 0 atom stereocenters. The predicted molar refractivity (Wildman–Crippen MR) is 57.2 cm³/mol. The van der Waals surface area contributed by atoms with Crippen molar-refractivity contribution >= 4 is 10.1 Å². The van der Waals surface area contributed by atoms with Crippen LogP contribution in [-0.2, 0) is 14.3 Å². The van der Waals surface area contributed by atoms with Gasteiger partial charge in [-0.1, -0.05) is 17.7 Å². The van der Waals surface area contributed by atoms with Crippen molar-refractivity contribution in [2.24, 2.45) is 0 Å². The third-order valence-corrected chi connectivity index (χ3v) is 3.25. The molecule has 0 saturated carbocycles. The van der Waals surface area contributed by atoms with E-state index in [2.05, 4.69) is 4.18 Å². The highest BCUT2D eigenvalue weighted by molar-refractivity contribution is 7.86. The highest BCUT2D eigenvalue weighted by atomic mass is 32.2. The molecule has 0 aromatic heterocycles. The van der Waals surface area contributed by atoms with Crippen molar-refractivity contribution in [1.82, 2.24) is 0 Å². The van der Waals surface area contributed by atoms with Crippen molar-refractivity contribution in [3.05, 3.63) is 29.8 Å². The van der Waals surface area contributed by atoms with E-state index in [9.17, 15) is 8.42 Å². The summed E-state index contributed by atoms with van der Waals surface area (Å²) in [6, 6.07) is 6.22. The Morgan fingerprint density at radius 1 is 1.25 bits per heavy atom. The molecule has 5 nitrogen and oxygen atoms in total. The Balaban J connectivity index is 2.67. The summed E-state index contributed by atoms with van der Waals surface area (Å²) in [6.45, 7) is 1.59. The van der Waals surface area contributed by atoms with Crippen LogP contribution in [-0.4, -0.2) is 31.5 Å². The fraction of sp³-hybridized carbons (Fsp3) is 0.400. The molecule has 0 saturated heterocycles. The summed E-state index contributed by atoms with van der Waals surface area (Å²) >= 11 is 0. The molecule has 0 unspecified atom stereocenters. The lowest BCUT2D eigenvalue weighted by atomic mass is 10.2. The SMILES string of the molecule is Cc1ccc(S(=O)(=O)OCCC(O)O)cc1. The van der Waals surface area contributed by atoms with E-state index in [1.54, 1.807) is 12.1 Å². The number of aliphatic hydroxyl groups is 2. The molecule has 1 aromatic rings.